The van der Waals surface area contributed by atoms with Crippen molar-refractivity contribution in [2.75, 3.05) is 11.9 Å². The quantitative estimate of drug-likeness (QED) is 0.908. The van der Waals surface area contributed by atoms with Crippen LogP contribution >= 0.6 is 34.7 Å². The minimum Gasteiger partial charge on any atom is -0.480 e. The molecule has 1 heterocycles. The van der Waals surface area contributed by atoms with Crippen LogP contribution in [0.15, 0.2) is 18.2 Å². The SMILES string of the molecule is O=C(O)CNc1cc(-c2nc(Cl)ns2)ccc1Cl. The van der Waals surface area contributed by atoms with E-state index in [1.807, 2.05) is 0 Å². The molecular formula is C10H7Cl2N3O2S. The van der Waals surface area contributed by atoms with Gasteiger partial charge in [-0.2, -0.15) is 4.37 Å². The Morgan fingerprint density at radius 2 is 2.22 bits per heavy atom. The number of carboxylic acids is 1. The molecule has 0 saturated carbocycles. The Morgan fingerprint density at radius 3 is 2.83 bits per heavy atom. The molecule has 0 fully saturated rings. The van der Waals surface area contributed by atoms with Crippen LogP contribution in [0.25, 0.3) is 10.6 Å². The Morgan fingerprint density at radius 1 is 1.44 bits per heavy atom. The van der Waals surface area contributed by atoms with Crippen molar-refractivity contribution in [3.63, 3.8) is 0 Å². The zero-order valence-electron chi connectivity index (χ0n) is 8.85. The highest BCUT2D eigenvalue weighted by Gasteiger charge is 2.08. The third-order valence-corrected chi connectivity index (χ3v) is 3.41. The Kier molecular flexibility index (Phi) is 4.00. The second-order valence-corrected chi connectivity index (χ2v) is 4.81. The highest BCUT2D eigenvalue weighted by atomic mass is 35.5. The average Bonchev–Trinajstić information content (AvgIpc) is 2.74. The van der Waals surface area contributed by atoms with Gasteiger partial charge >= 0.3 is 5.97 Å². The fourth-order valence-electron chi connectivity index (χ4n) is 1.29. The number of aliphatic carboxylic acids is 1. The van der Waals surface area contributed by atoms with Crippen LogP contribution in [0.1, 0.15) is 0 Å². The van der Waals surface area contributed by atoms with E-state index in [1.165, 1.54) is 0 Å². The van der Waals surface area contributed by atoms with E-state index in [0.717, 1.165) is 17.1 Å². The monoisotopic (exact) mass is 303 g/mol. The number of nitrogens with zero attached hydrogens (tertiary/aromatic N) is 2. The summed E-state index contributed by atoms with van der Waals surface area (Å²) in [5, 5.41) is 12.6. The van der Waals surface area contributed by atoms with Gasteiger partial charge in [0.05, 0.1) is 10.7 Å². The van der Waals surface area contributed by atoms with Crippen LogP contribution in [0.4, 0.5) is 5.69 Å². The number of hydrogen-bond acceptors (Lipinski definition) is 5. The Balaban J connectivity index is 2.28. The molecule has 0 aliphatic rings. The highest BCUT2D eigenvalue weighted by Crippen LogP contribution is 2.30. The molecule has 0 radical (unpaired) electrons. The smallest absolute Gasteiger partial charge is 0.322 e. The summed E-state index contributed by atoms with van der Waals surface area (Å²) < 4.78 is 3.87. The molecule has 0 bridgehead atoms. The van der Waals surface area contributed by atoms with E-state index >= 15 is 0 Å². The first-order valence-electron chi connectivity index (χ1n) is 4.81. The van der Waals surface area contributed by atoms with Crippen LogP contribution in [-0.2, 0) is 4.79 Å². The van der Waals surface area contributed by atoms with Gasteiger partial charge in [-0.25, -0.2) is 4.98 Å². The van der Waals surface area contributed by atoms with Crippen LogP contribution in [0.3, 0.4) is 0 Å². The second kappa shape index (κ2) is 5.51. The first-order chi connectivity index (χ1) is 8.56. The lowest BCUT2D eigenvalue weighted by atomic mass is 10.2. The number of aromatic nitrogens is 2. The van der Waals surface area contributed by atoms with E-state index in [4.69, 9.17) is 28.3 Å². The largest absolute Gasteiger partial charge is 0.480 e. The standard InChI is InChI=1S/C10H7Cl2N3O2S/c11-6-2-1-5(9-14-10(12)15-18-9)3-7(6)13-4-8(16)17/h1-3,13H,4H2,(H,16,17). The van der Waals surface area contributed by atoms with Gasteiger partial charge in [-0.3, -0.25) is 4.79 Å². The van der Waals surface area contributed by atoms with Crippen molar-refractivity contribution in [1.29, 1.82) is 0 Å². The van der Waals surface area contributed by atoms with Gasteiger partial charge in [0.15, 0.2) is 0 Å². The predicted molar refractivity (Wildman–Crippen MR) is 71.5 cm³/mol. The molecule has 0 atom stereocenters. The molecule has 2 aromatic rings. The Bertz CT molecular complexity index is 588. The van der Waals surface area contributed by atoms with Crippen molar-refractivity contribution in [1.82, 2.24) is 9.36 Å². The third-order valence-electron chi connectivity index (χ3n) is 2.04. The summed E-state index contributed by atoms with van der Waals surface area (Å²) in [6.07, 6.45) is 0. The number of carbonyl (C=O) groups is 1. The zero-order valence-corrected chi connectivity index (χ0v) is 11.2. The molecule has 1 aromatic carbocycles. The van der Waals surface area contributed by atoms with E-state index < -0.39 is 5.97 Å². The zero-order chi connectivity index (χ0) is 13.1. The maximum atomic E-state index is 10.5. The molecule has 0 spiro atoms. The van der Waals surface area contributed by atoms with Crippen molar-refractivity contribution in [2.45, 2.75) is 0 Å². The third kappa shape index (κ3) is 3.10. The van der Waals surface area contributed by atoms with E-state index in [0.29, 0.717) is 15.7 Å². The predicted octanol–water partition coefficient (Wildman–Crippen LogP) is 3.01. The van der Waals surface area contributed by atoms with E-state index in [2.05, 4.69) is 14.7 Å². The van der Waals surface area contributed by atoms with Crippen LogP contribution in [0.2, 0.25) is 10.3 Å². The number of anilines is 1. The van der Waals surface area contributed by atoms with Crippen molar-refractivity contribution < 1.29 is 9.90 Å². The Hall–Kier alpha value is -1.37. The van der Waals surface area contributed by atoms with Gasteiger partial charge in [-0.15, -0.1) is 0 Å². The van der Waals surface area contributed by atoms with Crippen LogP contribution in [0, 0.1) is 0 Å². The molecule has 0 amide bonds. The van der Waals surface area contributed by atoms with Gasteiger partial charge < -0.3 is 10.4 Å². The maximum absolute atomic E-state index is 10.5. The Labute approximate surface area is 117 Å². The summed E-state index contributed by atoms with van der Waals surface area (Å²) in [5.41, 5.74) is 1.31. The molecule has 0 saturated heterocycles. The molecule has 5 nitrogen and oxygen atoms in total. The van der Waals surface area contributed by atoms with Crippen LogP contribution < -0.4 is 5.32 Å². The number of carboxylic acid groups (broad SMARTS) is 1. The lowest BCUT2D eigenvalue weighted by molar-refractivity contribution is -0.134. The lowest BCUT2D eigenvalue weighted by Gasteiger charge is -2.07. The summed E-state index contributed by atoms with van der Waals surface area (Å²) in [6, 6.07) is 5.14. The van der Waals surface area contributed by atoms with Crippen LogP contribution in [0.5, 0.6) is 0 Å². The highest BCUT2D eigenvalue weighted by molar-refractivity contribution is 7.09. The first-order valence-corrected chi connectivity index (χ1v) is 6.34. The molecule has 18 heavy (non-hydrogen) atoms. The van der Waals surface area contributed by atoms with Gasteiger partial charge in [0.1, 0.15) is 11.6 Å². The lowest BCUT2D eigenvalue weighted by Crippen LogP contribution is -2.12. The number of hydrogen-bond donors (Lipinski definition) is 2. The van der Waals surface area contributed by atoms with Crippen LogP contribution in [-0.4, -0.2) is 27.0 Å². The molecule has 2 rings (SSSR count). The minimum absolute atomic E-state index is 0.185. The number of halogens is 2. The second-order valence-electron chi connectivity index (χ2n) is 3.31. The molecule has 8 heteroatoms. The molecule has 1 aromatic heterocycles. The molecule has 2 N–H and O–H groups in total. The average molecular weight is 304 g/mol. The molecule has 94 valence electrons. The number of nitrogens with one attached hydrogen (secondary N) is 1. The van der Waals surface area contributed by atoms with Crippen molar-refractivity contribution in [3.05, 3.63) is 28.5 Å². The van der Waals surface area contributed by atoms with E-state index in [-0.39, 0.29) is 11.8 Å². The topological polar surface area (TPSA) is 75.1 Å². The van der Waals surface area contributed by atoms with Crippen molar-refractivity contribution in [2.24, 2.45) is 0 Å². The summed E-state index contributed by atoms with van der Waals surface area (Å²) >= 11 is 12.8. The molecule has 0 aliphatic heterocycles. The van der Waals surface area contributed by atoms with Gasteiger partial charge in [0.2, 0.25) is 5.28 Å². The fourth-order valence-corrected chi connectivity index (χ4v) is 2.27. The molecule has 0 unspecified atom stereocenters. The summed E-state index contributed by atoms with van der Waals surface area (Å²) in [5.74, 6) is -0.963. The normalized spacial score (nSPS) is 10.3. The molecule has 0 aliphatic carbocycles. The van der Waals surface area contributed by atoms with E-state index in [1.54, 1.807) is 18.2 Å². The van der Waals surface area contributed by atoms with Gasteiger partial charge in [-0.05, 0) is 35.3 Å². The number of rotatable bonds is 4. The fraction of sp³-hybridized carbons (Fsp3) is 0.100. The maximum Gasteiger partial charge on any atom is 0.322 e. The molecular weight excluding hydrogens is 297 g/mol. The van der Waals surface area contributed by atoms with Gasteiger partial charge in [-0.1, -0.05) is 17.7 Å². The number of benzene rings is 1. The van der Waals surface area contributed by atoms with E-state index in [9.17, 15) is 4.79 Å². The first kappa shape index (κ1) is 13.1. The van der Waals surface area contributed by atoms with Crippen molar-refractivity contribution >= 4 is 46.4 Å². The summed E-state index contributed by atoms with van der Waals surface area (Å²) in [7, 11) is 0. The summed E-state index contributed by atoms with van der Waals surface area (Å²) in [4.78, 5) is 14.5. The minimum atomic E-state index is -0.963. The van der Waals surface area contributed by atoms with Gasteiger partial charge in [0, 0.05) is 5.56 Å². The summed E-state index contributed by atoms with van der Waals surface area (Å²) in [6.45, 7) is -0.208. The van der Waals surface area contributed by atoms with Crippen molar-refractivity contribution in [3.8, 4) is 10.6 Å². The van der Waals surface area contributed by atoms with Gasteiger partial charge in [0.25, 0.3) is 0 Å².